The van der Waals surface area contributed by atoms with Crippen LogP contribution >= 0.6 is 0 Å². The van der Waals surface area contributed by atoms with E-state index in [-0.39, 0.29) is 0 Å². The minimum Gasteiger partial charge on any atom is -0.439 e. The summed E-state index contributed by atoms with van der Waals surface area (Å²) in [4.78, 5) is 42.8. The van der Waals surface area contributed by atoms with Gasteiger partial charge in [0, 0.05) is 30.6 Å². The van der Waals surface area contributed by atoms with Crippen LogP contribution < -0.4 is 20.3 Å². The molecule has 3 aromatic heterocycles. The van der Waals surface area contributed by atoms with E-state index in [2.05, 4.69) is 30.9 Å². The third kappa shape index (κ3) is 3.93. The van der Waals surface area contributed by atoms with Crippen LogP contribution in [0.15, 0.2) is 73.2 Å². The van der Waals surface area contributed by atoms with Crippen molar-refractivity contribution >= 4 is 23.5 Å². The second-order valence-corrected chi connectivity index (χ2v) is 8.56. The van der Waals surface area contributed by atoms with Crippen molar-refractivity contribution in [2.75, 3.05) is 11.4 Å². The number of urea groups is 1. The molecule has 0 radical (unpaired) electrons. The average molecular weight is 496 g/mol. The van der Waals surface area contributed by atoms with Crippen LogP contribution in [-0.2, 0) is 9.59 Å². The van der Waals surface area contributed by atoms with Gasteiger partial charge in [0.15, 0.2) is 11.4 Å². The minimum atomic E-state index is -1.46. The zero-order valence-corrected chi connectivity index (χ0v) is 19.4. The molecular weight excluding hydrogens is 476 g/mol. The molecule has 12 heteroatoms. The number of benzene rings is 1. The number of carbonyl (C=O) groups excluding carboxylic acids is 3. The van der Waals surface area contributed by atoms with Crippen LogP contribution in [0.25, 0.3) is 17.1 Å². The number of pyridine rings is 1. The molecule has 2 fully saturated rings. The Morgan fingerprint density at radius 3 is 2.46 bits per heavy atom. The van der Waals surface area contributed by atoms with Gasteiger partial charge in [-0.2, -0.15) is 10.2 Å². The standard InChI is InChI=1S/C25H20N8O4/c34-22-25(23(35)29-24(36)28-22)11-2-13-32(25)17-6-9-21(26-15-17)37-18-7-4-16(5-8-18)19-10-14-33(31-19)20-3-1-12-27-30-20/h1,3-10,12,14-15H,2,11,13H2,(H2,28,29,34,35,36). The van der Waals surface area contributed by atoms with Crippen LogP contribution in [0.3, 0.4) is 0 Å². The molecule has 4 amide bonds. The molecule has 2 saturated heterocycles. The van der Waals surface area contributed by atoms with E-state index >= 15 is 0 Å². The van der Waals surface area contributed by atoms with Gasteiger partial charge in [0.25, 0.3) is 11.8 Å². The van der Waals surface area contributed by atoms with Crippen molar-refractivity contribution in [2.45, 2.75) is 18.4 Å². The number of barbiturate groups is 1. The molecule has 2 N–H and O–H groups in total. The largest absolute Gasteiger partial charge is 0.439 e. The fraction of sp³-hybridized carbons (Fsp3) is 0.160. The van der Waals surface area contributed by atoms with Gasteiger partial charge in [-0.25, -0.2) is 14.5 Å². The second-order valence-electron chi connectivity index (χ2n) is 8.56. The number of ether oxygens (including phenoxy) is 1. The number of hydrogen-bond donors (Lipinski definition) is 2. The van der Waals surface area contributed by atoms with Gasteiger partial charge in [-0.15, -0.1) is 5.10 Å². The molecule has 1 aromatic carbocycles. The summed E-state index contributed by atoms with van der Waals surface area (Å²) in [6, 6.07) is 15.5. The number of aromatic nitrogens is 5. The molecule has 1 spiro atoms. The van der Waals surface area contributed by atoms with Crippen molar-refractivity contribution in [3.8, 4) is 28.7 Å². The molecule has 4 aromatic rings. The highest BCUT2D eigenvalue weighted by molar-refractivity contribution is 6.24. The molecular formula is C25H20N8O4. The Labute approximate surface area is 210 Å². The Balaban J connectivity index is 1.16. The molecule has 6 rings (SSSR count). The first-order valence-electron chi connectivity index (χ1n) is 11.6. The van der Waals surface area contributed by atoms with Crippen molar-refractivity contribution < 1.29 is 19.1 Å². The topological polar surface area (TPSA) is 144 Å². The van der Waals surface area contributed by atoms with Crippen molar-refractivity contribution in [2.24, 2.45) is 0 Å². The molecule has 5 heterocycles. The average Bonchev–Trinajstić information content (AvgIpc) is 3.58. The highest BCUT2D eigenvalue weighted by atomic mass is 16.5. The maximum absolute atomic E-state index is 12.6. The van der Waals surface area contributed by atoms with Crippen molar-refractivity contribution in [3.05, 3.63) is 73.2 Å². The fourth-order valence-corrected chi connectivity index (χ4v) is 4.62. The summed E-state index contributed by atoms with van der Waals surface area (Å²) in [5.74, 6) is 0.312. The Morgan fingerprint density at radius 1 is 0.946 bits per heavy atom. The van der Waals surface area contributed by atoms with Crippen LogP contribution in [0, 0.1) is 0 Å². The summed E-state index contributed by atoms with van der Waals surface area (Å²) < 4.78 is 7.53. The summed E-state index contributed by atoms with van der Waals surface area (Å²) in [7, 11) is 0. The first kappa shape index (κ1) is 22.3. The van der Waals surface area contributed by atoms with E-state index in [1.807, 2.05) is 42.6 Å². The van der Waals surface area contributed by atoms with Crippen LogP contribution in [0.2, 0.25) is 0 Å². The summed E-state index contributed by atoms with van der Waals surface area (Å²) >= 11 is 0. The quantitative estimate of drug-likeness (QED) is 0.397. The first-order chi connectivity index (χ1) is 18.0. The van der Waals surface area contributed by atoms with Crippen LogP contribution in [-0.4, -0.2) is 54.9 Å². The van der Waals surface area contributed by atoms with Gasteiger partial charge in [0.2, 0.25) is 5.88 Å². The Morgan fingerprint density at radius 2 is 1.76 bits per heavy atom. The molecule has 0 unspecified atom stereocenters. The highest BCUT2D eigenvalue weighted by Crippen LogP contribution is 2.36. The number of amides is 4. The van der Waals surface area contributed by atoms with E-state index in [9.17, 15) is 14.4 Å². The maximum Gasteiger partial charge on any atom is 0.328 e. The predicted octanol–water partition coefficient (Wildman–Crippen LogP) is 2.22. The van der Waals surface area contributed by atoms with E-state index < -0.39 is 23.4 Å². The smallest absolute Gasteiger partial charge is 0.328 e. The lowest BCUT2D eigenvalue weighted by Crippen LogP contribution is -2.71. The summed E-state index contributed by atoms with van der Waals surface area (Å²) in [6.45, 7) is 0.477. The first-order valence-corrected chi connectivity index (χ1v) is 11.6. The minimum absolute atomic E-state index is 0.305. The lowest BCUT2D eigenvalue weighted by molar-refractivity contribution is -0.137. The van der Waals surface area contributed by atoms with E-state index in [1.165, 1.54) is 0 Å². The molecule has 0 atom stereocenters. The fourth-order valence-electron chi connectivity index (χ4n) is 4.62. The highest BCUT2D eigenvalue weighted by Gasteiger charge is 2.57. The summed E-state index contributed by atoms with van der Waals surface area (Å²) in [5, 5.41) is 16.9. The van der Waals surface area contributed by atoms with Gasteiger partial charge >= 0.3 is 6.03 Å². The third-order valence-electron chi connectivity index (χ3n) is 6.37. The van der Waals surface area contributed by atoms with E-state index in [4.69, 9.17) is 4.74 Å². The lowest BCUT2D eigenvalue weighted by Gasteiger charge is -2.38. The van der Waals surface area contributed by atoms with Crippen LogP contribution in [0.1, 0.15) is 12.8 Å². The Kier molecular flexibility index (Phi) is 5.33. The van der Waals surface area contributed by atoms with E-state index in [1.54, 1.807) is 40.2 Å². The maximum atomic E-state index is 12.6. The van der Waals surface area contributed by atoms with Crippen molar-refractivity contribution in [1.29, 1.82) is 0 Å². The lowest BCUT2D eigenvalue weighted by atomic mass is 9.92. The zero-order valence-electron chi connectivity index (χ0n) is 19.4. The van der Waals surface area contributed by atoms with Gasteiger partial charge in [-0.3, -0.25) is 20.2 Å². The molecule has 0 saturated carbocycles. The number of carbonyl (C=O) groups is 3. The Hall–Kier alpha value is -5.13. The summed E-state index contributed by atoms with van der Waals surface area (Å²) in [5.41, 5.74) is 0.795. The molecule has 0 aliphatic carbocycles. The van der Waals surface area contributed by atoms with Crippen molar-refractivity contribution in [1.82, 2.24) is 35.6 Å². The van der Waals surface area contributed by atoms with E-state index in [0.717, 1.165) is 11.3 Å². The Bertz CT molecular complexity index is 1470. The molecule has 184 valence electrons. The van der Waals surface area contributed by atoms with Gasteiger partial charge < -0.3 is 9.64 Å². The number of nitrogens with zero attached hydrogens (tertiary/aromatic N) is 6. The molecule has 37 heavy (non-hydrogen) atoms. The monoisotopic (exact) mass is 496 g/mol. The molecule has 0 bridgehead atoms. The van der Waals surface area contributed by atoms with Gasteiger partial charge in [-0.1, -0.05) is 0 Å². The second kappa shape index (κ2) is 8.82. The molecule has 12 nitrogen and oxygen atoms in total. The van der Waals surface area contributed by atoms with Crippen LogP contribution in [0.4, 0.5) is 10.5 Å². The number of rotatable bonds is 5. The summed E-state index contributed by atoms with van der Waals surface area (Å²) in [6.07, 6.45) is 5.90. The SMILES string of the molecule is O=C1NC(=O)C2(CCCN2c2ccc(Oc3ccc(-c4ccn(-c5cccnn5)n4)cc3)nc2)C(=O)N1. The number of nitrogens with one attached hydrogen (secondary N) is 2. The molecule has 2 aliphatic rings. The zero-order chi connectivity index (χ0) is 25.4. The van der Waals surface area contributed by atoms with E-state index in [0.29, 0.717) is 42.5 Å². The number of anilines is 1. The normalized spacial score (nSPS) is 16.5. The van der Waals surface area contributed by atoms with Gasteiger partial charge in [-0.05, 0) is 61.4 Å². The van der Waals surface area contributed by atoms with Crippen molar-refractivity contribution in [3.63, 3.8) is 0 Å². The predicted molar refractivity (Wildman–Crippen MR) is 130 cm³/mol. The number of hydrogen-bond acceptors (Lipinski definition) is 9. The van der Waals surface area contributed by atoms with Gasteiger partial charge in [0.1, 0.15) is 5.75 Å². The number of imide groups is 2. The van der Waals surface area contributed by atoms with Crippen LogP contribution in [0.5, 0.6) is 11.6 Å². The third-order valence-corrected chi connectivity index (χ3v) is 6.37. The van der Waals surface area contributed by atoms with Gasteiger partial charge in [0.05, 0.1) is 17.6 Å². The molecule has 2 aliphatic heterocycles.